The molecule has 3 aromatic rings. The molecule has 0 spiro atoms. The van der Waals surface area contributed by atoms with Gasteiger partial charge in [0.15, 0.2) is 5.78 Å². The lowest BCUT2D eigenvalue weighted by Gasteiger charge is -2.20. The lowest BCUT2D eigenvalue weighted by molar-refractivity contribution is 0.0373. The van der Waals surface area contributed by atoms with Gasteiger partial charge in [-0.25, -0.2) is 0 Å². The highest BCUT2D eigenvalue weighted by molar-refractivity contribution is 6.31. The third-order valence-corrected chi connectivity index (χ3v) is 5.07. The number of ether oxygens (including phenoxy) is 1. The van der Waals surface area contributed by atoms with Crippen LogP contribution in [0.2, 0.25) is 5.02 Å². The number of ketones is 1. The number of nitrogens with zero attached hydrogens (tertiary/aromatic N) is 1. The minimum Gasteiger partial charge on any atom is -0.361 e. The molecule has 136 valence electrons. The van der Waals surface area contributed by atoms with Crippen LogP contribution in [0.1, 0.15) is 54.0 Å². The second-order valence-corrected chi connectivity index (χ2v) is 6.96. The van der Waals surface area contributed by atoms with Crippen LogP contribution in [0.3, 0.4) is 0 Å². The minimum absolute atomic E-state index is 0.0134. The zero-order chi connectivity index (χ0) is 18.7. The quantitative estimate of drug-likeness (QED) is 0.466. The van der Waals surface area contributed by atoms with Crippen LogP contribution < -0.4 is 0 Å². The number of hydrogen-bond donors (Lipinski definition) is 0. The molecule has 0 saturated heterocycles. The van der Waals surface area contributed by atoms with Gasteiger partial charge in [-0.15, -0.1) is 0 Å². The first-order valence-corrected chi connectivity index (χ1v) is 9.38. The Kier molecular flexibility index (Phi) is 5.80. The molecule has 2 aromatic carbocycles. The summed E-state index contributed by atoms with van der Waals surface area (Å²) < 4.78 is 7.91. The first-order chi connectivity index (χ1) is 12.6. The van der Waals surface area contributed by atoms with Crippen molar-refractivity contribution >= 4 is 28.3 Å². The van der Waals surface area contributed by atoms with Gasteiger partial charge >= 0.3 is 0 Å². The summed E-state index contributed by atoms with van der Waals surface area (Å²) >= 11 is 6.25. The number of methoxy groups -OCH3 is 1. The van der Waals surface area contributed by atoms with Gasteiger partial charge in [-0.05, 0) is 38.0 Å². The topological polar surface area (TPSA) is 31.2 Å². The van der Waals surface area contributed by atoms with Crippen molar-refractivity contribution in [3.63, 3.8) is 0 Å². The molecule has 1 aromatic heterocycles. The lowest BCUT2D eigenvalue weighted by atomic mass is 10.0. The number of benzene rings is 2. The van der Waals surface area contributed by atoms with Crippen LogP contribution in [0.5, 0.6) is 0 Å². The second kappa shape index (κ2) is 8.07. The van der Waals surface area contributed by atoms with Gasteiger partial charge in [0.1, 0.15) is 6.23 Å². The van der Waals surface area contributed by atoms with Crippen molar-refractivity contribution in [1.29, 1.82) is 0 Å². The minimum atomic E-state index is -0.101. The van der Waals surface area contributed by atoms with Crippen molar-refractivity contribution in [2.75, 3.05) is 7.11 Å². The van der Waals surface area contributed by atoms with Gasteiger partial charge in [-0.2, -0.15) is 0 Å². The van der Waals surface area contributed by atoms with Gasteiger partial charge in [0, 0.05) is 28.8 Å². The third-order valence-electron chi connectivity index (χ3n) is 4.84. The van der Waals surface area contributed by atoms with Gasteiger partial charge in [0.2, 0.25) is 0 Å². The lowest BCUT2D eigenvalue weighted by Crippen LogP contribution is -2.13. The zero-order valence-electron chi connectivity index (χ0n) is 15.5. The number of halogens is 1. The molecule has 3 nitrogen and oxygen atoms in total. The van der Waals surface area contributed by atoms with Crippen LogP contribution in [-0.2, 0) is 4.74 Å². The maximum Gasteiger partial charge on any atom is 0.195 e. The molecule has 3 rings (SSSR count). The average molecular weight is 370 g/mol. The van der Waals surface area contributed by atoms with E-state index in [-0.39, 0.29) is 12.0 Å². The molecule has 1 heterocycles. The number of aromatic nitrogens is 1. The highest BCUT2D eigenvalue weighted by atomic mass is 35.5. The molecule has 0 aliphatic carbocycles. The maximum absolute atomic E-state index is 13.2. The van der Waals surface area contributed by atoms with E-state index in [1.165, 1.54) is 0 Å². The summed E-state index contributed by atoms with van der Waals surface area (Å²) in [7, 11) is 1.72. The number of unbranched alkanes of at least 4 members (excludes halogenated alkanes) is 1. The molecule has 0 aliphatic heterocycles. The molecule has 0 amide bonds. The van der Waals surface area contributed by atoms with E-state index in [4.69, 9.17) is 16.3 Å². The molecule has 1 unspecified atom stereocenters. The molecule has 0 saturated carbocycles. The summed E-state index contributed by atoms with van der Waals surface area (Å²) in [4.78, 5) is 13.2. The Morgan fingerprint density at radius 1 is 1.19 bits per heavy atom. The SMILES string of the molecule is CCCCC(OC)n1c(C)c(C(=O)c2ccccc2)c2cc(Cl)ccc21. The van der Waals surface area contributed by atoms with E-state index >= 15 is 0 Å². The smallest absolute Gasteiger partial charge is 0.195 e. The van der Waals surface area contributed by atoms with Crippen molar-refractivity contribution in [2.45, 2.75) is 39.3 Å². The molecule has 0 N–H and O–H groups in total. The Labute approximate surface area is 159 Å². The standard InChI is InChI=1S/C22H24ClNO2/c1-4-5-11-20(26-3)24-15(2)21(18-14-17(23)12-13-19(18)24)22(25)16-9-7-6-8-10-16/h6-10,12-14,20H,4-5,11H2,1-3H3. The van der Waals surface area contributed by atoms with Crippen molar-refractivity contribution in [1.82, 2.24) is 4.57 Å². The molecule has 26 heavy (non-hydrogen) atoms. The number of rotatable bonds is 7. The molecule has 0 aliphatic rings. The average Bonchev–Trinajstić information content (AvgIpc) is 2.94. The first kappa shape index (κ1) is 18.7. The maximum atomic E-state index is 13.2. The number of hydrogen-bond acceptors (Lipinski definition) is 2. The number of carbonyl (C=O) groups excluding carboxylic acids is 1. The zero-order valence-corrected chi connectivity index (χ0v) is 16.2. The summed E-state index contributed by atoms with van der Waals surface area (Å²) in [6.07, 6.45) is 2.96. The Hall–Kier alpha value is -2.10. The van der Waals surface area contributed by atoms with E-state index in [1.807, 2.05) is 55.5 Å². The molecule has 0 radical (unpaired) electrons. The van der Waals surface area contributed by atoms with Crippen molar-refractivity contribution in [3.8, 4) is 0 Å². The van der Waals surface area contributed by atoms with Gasteiger partial charge in [0.25, 0.3) is 0 Å². The monoisotopic (exact) mass is 369 g/mol. The Balaban J connectivity index is 2.21. The van der Waals surface area contributed by atoms with Crippen LogP contribution in [0.15, 0.2) is 48.5 Å². The first-order valence-electron chi connectivity index (χ1n) is 9.01. The predicted molar refractivity (Wildman–Crippen MR) is 107 cm³/mol. The van der Waals surface area contributed by atoms with Crippen LogP contribution in [0, 0.1) is 6.92 Å². The largest absolute Gasteiger partial charge is 0.361 e. The highest BCUT2D eigenvalue weighted by Crippen LogP contribution is 2.34. The molecular weight excluding hydrogens is 346 g/mol. The molecule has 1 atom stereocenters. The van der Waals surface area contributed by atoms with E-state index in [1.54, 1.807) is 7.11 Å². The number of carbonyl (C=O) groups is 1. The van der Waals surface area contributed by atoms with Crippen molar-refractivity contribution < 1.29 is 9.53 Å². The molecule has 0 bridgehead atoms. The summed E-state index contributed by atoms with van der Waals surface area (Å²) in [6.45, 7) is 4.15. The van der Waals surface area contributed by atoms with Gasteiger partial charge < -0.3 is 9.30 Å². The van der Waals surface area contributed by atoms with Gasteiger partial charge in [0.05, 0.1) is 11.1 Å². The van der Waals surface area contributed by atoms with Crippen LogP contribution in [-0.4, -0.2) is 17.5 Å². The highest BCUT2D eigenvalue weighted by Gasteiger charge is 2.24. The Morgan fingerprint density at radius 2 is 1.92 bits per heavy atom. The fourth-order valence-corrected chi connectivity index (χ4v) is 3.71. The Morgan fingerprint density at radius 3 is 2.58 bits per heavy atom. The van der Waals surface area contributed by atoms with Gasteiger partial charge in [-0.1, -0.05) is 55.3 Å². The second-order valence-electron chi connectivity index (χ2n) is 6.52. The Bertz CT molecular complexity index is 915. The van der Waals surface area contributed by atoms with E-state index in [2.05, 4.69) is 11.5 Å². The van der Waals surface area contributed by atoms with Crippen LogP contribution >= 0.6 is 11.6 Å². The predicted octanol–water partition coefficient (Wildman–Crippen LogP) is 6.17. The van der Waals surface area contributed by atoms with Crippen LogP contribution in [0.4, 0.5) is 0 Å². The normalized spacial score (nSPS) is 12.5. The van der Waals surface area contributed by atoms with Crippen molar-refractivity contribution in [3.05, 3.63) is 70.4 Å². The summed E-state index contributed by atoms with van der Waals surface area (Å²) in [5.74, 6) is 0.0134. The van der Waals surface area contributed by atoms with E-state index in [9.17, 15) is 4.79 Å². The van der Waals surface area contributed by atoms with Crippen molar-refractivity contribution in [2.24, 2.45) is 0 Å². The summed E-state index contributed by atoms with van der Waals surface area (Å²) in [5, 5.41) is 1.50. The summed E-state index contributed by atoms with van der Waals surface area (Å²) in [5.41, 5.74) is 3.28. The number of fused-ring (bicyclic) bond motifs is 1. The fourth-order valence-electron chi connectivity index (χ4n) is 3.54. The fraction of sp³-hybridized carbons (Fsp3) is 0.318. The van der Waals surface area contributed by atoms with E-state index in [0.29, 0.717) is 16.1 Å². The molecule has 0 fully saturated rings. The summed E-state index contributed by atoms with van der Waals surface area (Å²) in [6, 6.07) is 15.1. The van der Waals surface area contributed by atoms with E-state index in [0.717, 1.165) is 35.9 Å². The van der Waals surface area contributed by atoms with E-state index < -0.39 is 0 Å². The third kappa shape index (κ3) is 3.42. The van der Waals surface area contributed by atoms with Gasteiger partial charge in [-0.3, -0.25) is 4.79 Å². The molecular formula is C22H24ClNO2. The van der Waals surface area contributed by atoms with Crippen LogP contribution in [0.25, 0.3) is 10.9 Å². The molecule has 4 heteroatoms.